The van der Waals surface area contributed by atoms with Gasteiger partial charge in [0, 0.05) is 5.56 Å². The molecule has 1 N–H and O–H groups in total. The van der Waals surface area contributed by atoms with E-state index in [2.05, 4.69) is 0 Å². The maximum absolute atomic E-state index is 11.9. The summed E-state index contributed by atoms with van der Waals surface area (Å²) < 4.78 is 0. The van der Waals surface area contributed by atoms with Crippen LogP contribution in [0.25, 0.3) is 0 Å². The monoisotopic (exact) mass is 231 g/mol. The van der Waals surface area contributed by atoms with Crippen LogP contribution in [0.4, 0.5) is 0 Å². The molecule has 0 saturated carbocycles. The minimum atomic E-state index is -0.434. The molecule has 3 heteroatoms. The van der Waals surface area contributed by atoms with E-state index in [9.17, 15) is 10.0 Å². The lowest BCUT2D eigenvalue weighted by Crippen LogP contribution is -2.25. The van der Waals surface area contributed by atoms with Gasteiger partial charge >= 0.3 is 0 Å². The normalized spacial score (nSPS) is 11.9. The highest BCUT2D eigenvalue weighted by atomic mass is 16.5. The largest absolute Gasteiger partial charge is 0.281 e. The number of hydrogen-bond acceptors (Lipinski definition) is 2. The molecule has 0 aliphatic heterocycles. The van der Waals surface area contributed by atoms with Crippen molar-refractivity contribution in [2.75, 3.05) is 0 Å². The molecule has 1 amide bonds. The Morgan fingerprint density at radius 1 is 1.24 bits per heavy atom. The number of carbonyl (C=O) groups is 1. The second-order valence-corrected chi connectivity index (χ2v) is 3.70. The van der Waals surface area contributed by atoms with Crippen molar-refractivity contribution in [2.24, 2.45) is 0 Å². The van der Waals surface area contributed by atoms with E-state index in [4.69, 9.17) is 0 Å². The molecule has 0 radical (unpaired) electrons. The summed E-state index contributed by atoms with van der Waals surface area (Å²) in [4.78, 5) is 11.9. The molecule has 1 aromatic rings. The van der Waals surface area contributed by atoms with Crippen molar-refractivity contribution in [3.63, 3.8) is 0 Å². The molecule has 1 aromatic carbocycles. The summed E-state index contributed by atoms with van der Waals surface area (Å²) in [6, 6.07) is 7.08. The molecule has 0 aliphatic rings. The van der Waals surface area contributed by atoms with E-state index in [-0.39, 0.29) is 0 Å². The van der Waals surface area contributed by atoms with Crippen LogP contribution in [-0.2, 0) is 0 Å². The third kappa shape index (κ3) is 3.29. The zero-order chi connectivity index (χ0) is 12.8. The third-order valence-electron chi connectivity index (χ3n) is 2.37. The minimum absolute atomic E-state index is 0.434. The predicted octanol–water partition coefficient (Wildman–Crippen LogP) is 3.31. The number of amides is 1. The van der Waals surface area contributed by atoms with Gasteiger partial charge in [-0.2, -0.15) is 5.06 Å². The Hall–Kier alpha value is -1.87. The van der Waals surface area contributed by atoms with Gasteiger partial charge in [-0.25, -0.2) is 0 Å². The Bertz CT molecular complexity index is 444. The number of hydroxylamine groups is 2. The first-order valence-corrected chi connectivity index (χ1v) is 5.49. The summed E-state index contributed by atoms with van der Waals surface area (Å²) in [6.07, 6.45) is 5.11. The molecular weight excluding hydrogens is 214 g/mol. The predicted molar refractivity (Wildman–Crippen MR) is 67.7 cm³/mol. The van der Waals surface area contributed by atoms with E-state index >= 15 is 0 Å². The fourth-order valence-corrected chi connectivity index (χ4v) is 1.40. The first kappa shape index (κ1) is 13.2. The van der Waals surface area contributed by atoms with E-state index in [1.54, 1.807) is 37.3 Å². The maximum Gasteiger partial charge on any atom is 0.281 e. The lowest BCUT2D eigenvalue weighted by molar-refractivity contribution is -0.0277. The number of carbonyl (C=O) groups excluding carboxylic acids is 1. The highest BCUT2D eigenvalue weighted by molar-refractivity contribution is 5.94. The van der Waals surface area contributed by atoms with Crippen LogP contribution in [0.15, 0.2) is 48.2 Å². The molecule has 0 aliphatic carbocycles. The topological polar surface area (TPSA) is 40.5 Å². The van der Waals surface area contributed by atoms with Crippen molar-refractivity contribution in [1.29, 1.82) is 0 Å². The van der Waals surface area contributed by atoms with Crippen LogP contribution < -0.4 is 0 Å². The molecule has 0 atom stereocenters. The Kier molecular flexibility index (Phi) is 4.67. The first-order valence-electron chi connectivity index (χ1n) is 5.49. The lowest BCUT2D eigenvalue weighted by atomic mass is 10.1. The van der Waals surface area contributed by atoms with Gasteiger partial charge in [-0.3, -0.25) is 10.0 Å². The molecule has 0 unspecified atom stereocenters. The molecule has 0 heterocycles. The Balaban J connectivity index is 2.93. The second-order valence-electron chi connectivity index (χ2n) is 3.70. The minimum Gasteiger partial charge on any atom is -0.281 e. The summed E-state index contributed by atoms with van der Waals surface area (Å²) in [6.45, 7) is 5.54. The molecule has 1 rings (SSSR count). The van der Waals surface area contributed by atoms with Crippen LogP contribution in [0.1, 0.15) is 29.8 Å². The van der Waals surface area contributed by atoms with Crippen LogP contribution >= 0.6 is 0 Å². The van der Waals surface area contributed by atoms with Gasteiger partial charge in [0.2, 0.25) is 0 Å². The zero-order valence-corrected chi connectivity index (χ0v) is 10.3. The number of benzene rings is 1. The van der Waals surface area contributed by atoms with E-state index < -0.39 is 5.91 Å². The van der Waals surface area contributed by atoms with Crippen molar-refractivity contribution in [1.82, 2.24) is 5.06 Å². The van der Waals surface area contributed by atoms with Crippen LogP contribution in [0, 0.1) is 6.92 Å². The summed E-state index contributed by atoms with van der Waals surface area (Å²) >= 11 is 0. The standard InChI is InChI=1S/C14H17NO2/c1-4-6-13(5-2)15(17)14(16)12-9-7-11(3)8-10-12/h4-10,17H,1-3H3/b6-4-,13-5+. The number of allylic oxidation sites excluding steroid dienone is 3. The molecule has 0 spiro atoms. The molecular formula is C14H17NO2. The summed E-state index contributed by atoms with van der Waals surface area (Å²) in [5.41, 5.74) is 1.99. The van der Waals surface area contributed by atoms with Gasteiger partial charge in [-0.15, -0.1) is 0 Å². The Morgan fingerprint density at radius 2 is 1.82 bits per heavy atom. The number of nitrogens with zero attached hydrogens (tertiary/aromatic N) is 1. The van der Waals surface area contributed by atoms with Crippen LogP contribution in [0.5, 0.6) is 0 Å². The lowest BCUT2D eigenvalue weighted by Gasteiger charge is -2.15. The number of hydrogen-bond donors (Lipinski definition) is 1. The third-order valence-corrected chi connectivity index (χ3v) is 2.37. The van der Waals surface area contributed by atoms with Crippen molar-refractivity contribution in [3.8, 4) is 0 Å². The summed E-state index contributed by atoms with van der Waals surface area (Å²) in [5.74, 6) is -0.434. The van der Waals surface area contributed by atoms with Gasteiger partial charge in [0.15, 0.2) is 0 Å². The number of rotatable bonds is 3. The molecule has 0 saturated heterocycles. The molecule has 17 heavy (non-hydrogen) atoms. The fourth-order valence-electron chi connectivity index (χ4n) is 1.40. The van der Waals surface area contributed by atoms with Gasteiger partial charge in [-0.1, -0.05) is 29.8 Å². The summed E-state index contributed by atoms with van der Waals surface area (Å²) in [7, 11) is 0. The van der Waals surface area contributed by atoms with Gasteiger partial charge in [0.25, 0.3) is 5.91 Å². The quantitative estimate of drug-likeness (QED) is 0.492. The smallest absolute Gasteiger partial charge is 0.281 e. The van der Waals surface area contributed by atoms with Crippen molar-refractivity contribution in [2.45, 2.75) is 20.8 Å². The second kappa shape index (κ2) is 6.01. The van der Waals surface area contributed by atoms with E-state index in [1.807, 2.05) is 26.0 Å². The van der Waals surface area contributed by atoms with E-state index in [1.165, 1.54) is 0 Å². The molecule has 0 bridgehead atoms. The molecule has 3 nitrogen and oxygen atoms in total. The van der Waals surface area contributed by atoms with Crippen LogP contribution in [0.2, 0.25) is 0 Å². The van der Waals surface area contributed by atoms with Gasteiger partial charge in [0.05, 0.1) is 5.70 Å². The summed E-state index contributed by atoms with van der Waals surface area (Å²) in [5, 5.41) is 10.5. The molecule has 0 fully saturated rings. The average Bonchev–Trinajstić information content (AvgIpc) is 2.35. The van der Waals surface area contributed by atoms with Gasteiger partial charge in [0.1, 0.15) is 0 Å². The highest BCUT2D eigenvalue weighted by Crippen LogP contribution is 2.11. The maximum atomic E-state index is 11.9. The van der Waals surface area contributed by atoms with Crippen molar-refractivity contribution >= 4 is 5.91 Å². The Labute approximate surface area is 102 Å². The van der Waals surface area contributed by atoms with Gasteiger partial charge < -0.3 is 0 Å². The molecule has 90 valence electrons. The molecule has 0 aromatic heterocycles. The van der Waals surface area contributed by atoms with Crippen LogP contribution in [-0.4, -0.2) is 16.2 Å². The van der Waals surface area contributed by atoms with Crippen molar-refractivity contribution < 1.29 is 10.0 Å². The van der Waals surface area contributed by atoms with Crippen LogP contribution in [0.3, 0.4) is 0 Å². The van der Waals surface area contributed by atoms with E-state index in [0.717, 1.165) is 5.56 Å². The Morgan fingerprint density at radius 3 is 2.29 bits per heavy atom. The van der Waals surface area contributed by atoms with E-state index in [0.29, 0.717) is 16.3 Å². The first-order chi connectivity index (χ1) is 8.10. The number of aryl methyl sites for hydroxylation is 1. The average molecular weight is 231 g/mol. The zero-order valence-electron chi connectivity index (χ0n) is 10.3. The fraction of sp³-hybridized carbons (Fsp3) is 0.214. The van der Waals surface area contributed by atoms with Gasteiger partial charge in [-0.05, 0) is 39.0 Å². The van der Waals surface area contributed by atoms with Crippen molar-refractivity contribution in [3.05, 3.63) is 59.3 Å². The SMILES string of the molecule is C/C=C\C(=C/C)N(O)C(=O)c1ccc(C)cc1. The highest BCUT2D eigenvalue weighted by Gasteiger charge is 2.15.